The normalized spacial score (nSPS) is 44.4. The monoisotopic (exact) mass is 405 g/mol. The zero-order valence-corrected chi connectivity index (χ0v) is 17.9. The number of rotatable bonds is 2. The highest BCUT2D eigenvalue weighted by atomic mass is 16.3. The molecule has 3 aliphatic rings. The summed E-state index contributed by atoms with van der Waals surface area (Å²) in [6.07, 6.45) is 5.32. The molecular formula is C23H35NO5. The molecule has 1 spiro atoms. The molecule has 6 heteroatoms. The molecule has 0 radical (unpaired) electrons. The highest BCUT2D eigenvalue weighted by Crippen LogP contribution is 2.54. The van der Waals surface area contributed by atoms with Gasteiger partial charge in [0.15, 0.2) is 5.78 Å². The van der Waals surface area contributed by atoms with Crippen LogP contribution < -0.4 is 5.32 Å². The average Bonchev–Trinajstić information content (AvgIpc) is 2.88. The van der Waals surface area contributed by atoms with Crippen molar-refractivity contribution in [3.05, 3.63) is 23.8 Å². The van der Waals surface area contributed by atoms with Crippen molar-refractivity contribution in [1.82, 2.24) is 5.32 Å². The van der Waals surface area contributed by atoms with E-state index in [9.17, 15) is 24.9 Å². The Bertz CT molecular complexity index is 725. The third-order valence-electron chi connectivity index (χ3n) is 7.08. The van der Waals surface area contributed by atoms with Gasteiger partial charge in [0.1, 0.15) is 5.41 Å². The Morgan fingerprint density at radius 2 is 1.97 bits per heavy atom. The Morgan fingerprint density at radius 1 is 1.28 bits per heavy atom. The predicted octanol–water partition coefficient (Wildman–Crippen LogP) is 1.88. The van der Waals surface area contributed by atoms with Crippen LogP contribution in [0, 0.1) is 23.2 Å². The molecular weight excluding hydrogens is 370 g/mol. The molecule has 6 nitrogen and oxygen atoms in total. The molecule has 7 unspecified atom stereocenters. The van der Waals surface area contributed by atoms with E-state index in [-0.39, 0.29) is 24.3 Å². The first-order valence-electron chi connectivity index (χ1n) is 10.8. The van der Waals surface area contributed by atoms with E-state index in [4.69, 9.17) is 0 Å². The topological polar surface area (TPSA) is 107 Å². The van der Waals surface area contributed by atoms with E-state index in [1.807, 2.05) is 19.1 Å². The molecule has 0 saturated carbocycles. The van der Waals surface area contributed by atoms with E-state index in [0.717, 1.165) is 12.0 Å². The SMILES string of the molecule is CC1=CC(O)C2/C=C/CCCC(C)(O)C(O)CC(=O)C23C(=O)NC(CC(C)C)C13. The van der Waals surface area contributed by atoms with Crippen LogP contribution in [0.5, 0.6) is 0 Å². The molecule has 0 aromatic carbocycles. The molecule has 162 valence electrons. The van der Waals surface area contributed by atoms with Crippen molar-refractivity contribution < 1.29 is 24.9 Å². The van der Waals surface area contributed by atoms with Gasteiger partial charge in [0.05, 0.1) is 17.8 Å². The standard InChI is InChI=1S/C23H35NO5/c1-13(2)10-16-20-14(3)11-17(25)15-8-6-5-7-9-22(4,29)18(26)12-19(27)23(15,20)21(28)24-16/h6,8,11,13,15-18,20,25-26,29H,5,7,9-10,12H2,1-4H3,(H,24,28)/b8-6+. The van der Waals surface area contributed by atoms with Crippen LogP contribution in [0.2, 0.25) is 0 Å². The van der Waals surface area contributed by atoms with Gasteiger partial charge in [-0.3, -0.25) is 9.59 Å². The number of ketones is 1. The van der Waals surface area contributed by atoms with Crippen molar-refractivity contribution >= 4 is 11.7 Å². The summed E-state index contributed by atoms with van der Waals surface area (Å²) < 4.78 is 0. The van der Waals surface area contributed by atoms with Crippen molar-refractivity contribution in [2.75, 3.05) is 0 Å². The second-order valence-electron chi connectivity index (χ2n) is 9.80. The Labute approximate surface area is 173 Å². The van der Waals surface area contributed by atoms with Crippen LogP contribution >= 0.6 is 0 Å². The van der Waals surface area contributed by atoms with Gasteiger partial charge >= 0.3 is 0 Å². The lowest BCUT2D eigenvalue weighted by Crippen LogP contribution is -2.56. The predicted molar refractivity (Wildman–Crippen MR) is 110 cm³/mol. The molecule has 7 atom stereocenters. The maximum absolute atomic E-state index is 13.7. The molecule has 1 aliphatic heterocycles. The maximum Gasteiger partial charge on any atom is 0.235 e. The lowest BCUT2D eigenvalue weighted by Gasteiger charge is -2.44. The number of Topliss-reactive ketones (excluding diaryl/α,β-unsaturated/α-hetero) is 1. The number of aliphatic hydroxyl groups excluding tert-OH is 2. The summed E-state index contributed by atoms with van der Waals surface area (Å²) in [6, 6.07) is -0.200. The summed E-state index contributed by atoms with van der Waals surface area (Å²) in [5, 5.41) is 35.2. The third kappa shape index (κ3) is 3.71. The van der Waals surface area contributed by atoms with Crippen molar-refractivity contribution in [3.63, 3.8) is 0 Å². The van der Waals surface area contributed by atoms with Gasteiger partial charge in [-0.1, -0.05) is 37.6 Å². The number of allylic oxidation sites excluding steroid dienone is 1. The summed E-state index contributed by atoms with van der Waals surface area (Å²) in [5.74, 6) is -1.50. The summed E-state index contributed by atoms with van der Waals surface area (Å²) in [7, 11) is 0. The highest BCUT2D eigenvalue weighted by Gasteiger charge is 2.66. The van der Waals surface area contributed by atoms with Crippen LogP contribution in [0.4, 0.5) is 0 Å². The third-order valence-corrected chi connectivity index (χ3v) is 7.08. The zero-order chi connectivity index (χ0) is 21.6. The first-order chi connectivity index (χ1) is 13.5. The van der Waals surface area contributed by atoms with Crippen LogP contribution in [-0.4, -0.2) is 50.9 Å². The highest BCUT2D eigenvalue weighted by molar-refractivity contribution is 6.09. The number of carbonyl (C=O) groups is 2. The number of amides is 1. The van der Waals surface area contributed by atoms with E-state index in [1.165, 1.54) is 6.92 Å². The van der Waals surface area contributed by atoms with E-state index >= 15 is 0 Å². The van der Waals surface area contributed by atoms with Gasteiger partial charge < -0.3 is 20.6 Å². The molecule has 3 rings (SSSR count). The molecule has 1 heterocycles. The smallest absolute Gasteiger partial charge is 0.235 e. The molecule has 0 aromatic heterocycles. The van der Waals surface area contributed by atoms with Gasteiger partial charge in [0, 0.05) is 24.3 Å². The minimum atomic E-state index is -1.46. The van der Waals surface area contributed by atoms with Gasteiger partial charge in [0.25, 0.3) is 0 Å². The number of aliphatic hydroxyl groups is 3. The fraction of sp³-hybridized carbons (Fsp3) is 0.739. The second-order valence-corrected chi connectivity index (χ2v) is 9.80. The van der Waals surface area contributed by atoms with E-state index in [2.05, 4.69) is 19.2 Å². The molecule has 4 N–H and O–H groups in total. The van der Waals surface area contributed by atoms with Gasteiger partial charge in [-0.15, -0.1) is 0 Å². The first-order valence-corrected chi connectivity index (χ1v) is 10.8. The molecule has 29 heavy (non-hydrogen) atoms. The maximum atomic E-state index is 13.7. The minimum absolute atomic E-state index is 0.200. The Hall–Kier alpha value is -1.50. The van der Waals surface area contributed by atoms with Crippen LogP contribution in [-0.2, 0) is 9.59 Å². The van der Waals surface area contributed by atoms with Crippen molar-refractivity contribution in [2.45, 2.75) is 83.6 Å². The largest absolute Gasteiger partial charge is 0.390 e. The van der Waals surface area contributed by atoms with Crippen LogP contribution in [0.15, 0.2) is 23.8 Å². The number of hydrogen-bond donors (Lipinski definition) is 4. The summed E-state index contributed by atoms with van der Waals surface area (Å²) in [4.78, 5) is 27.1. The fourth-order valence-corrected chi connectivity index (χ4v) is 5.62. The first kappa shape index (κ1) is 22.2. The summed E-state index contributed by atoms with van der Waals surface area (Å²) in [6.45, 7) is 7.56. The summed E-state index contributed by atoms with van der Waals surface area (Å²) >= 11 is 0. The quantitative estimate of drug-likeness (QED) is 0.415. The lowest BCUT2D eigenvalue weighted by atomic mass is 9.55. The van der Waals surface area contributed by atoms with E-state index in [0.29, 0.717) is 25.2 Å². The van der Waals surface area contributed by atoms with Crippen LogP contribution in [0.1, 0.15) is 59.8 Å². The zero-order valence-electron chi connectivity index (χ0n) is 17.9. The molecule has 1 saturated heterocycles. The van der Waals surface area contributed by atoms with Gasteiger partial charge in [-0.2, -0.15) is 0 Å². The van der Waals surface area contributed by atoms with Crippen LogP contribution in [0.25, 0.3) is 0 Å². The van der Waals surface area contributed by atoms with Gasteiger partial charge in [-0.05, 0) is 45.4 Å². The molecule has 0 aromatic rings. The summed E-state index contributed by atoms with van der Waals surface area (Å²) in [5.41, 5.74) is -2.04. The van der Waals surface area contributed by atoms with Gasteiger partial charge in [0.2, 0.25) is 5.91 Å². The number of hydrogen-bond acceptors (Lipinski definition) is 5. The van der Waals surface area contributed by atoms with E-state index < -0.39 is 34.9 Å². The molecule has 2 aliphatic carbocycles. The van der Waals surface area contributed by atoms with Crippen molar-refractivity contribution in [2.24, 2.45) is 23.2 Å². The Kier molecular flexibility index (Phi) is 6.10. The van der Waals surface area contributed by atoms with Crippen LogP contribution in [0.3, 0.4) is 0 Å². The van der Waals surface area contributed by atoms with Crippen molar-refractivity contribution in [3.8, 4) is 0 Å². The van der Waals surface area contributed by atoms with Crippen molar-refractivity contribution in [1.29, 1.82) is 0 Å². The number of nitrogens with one attached hydrogen (secondary N) is 1. The molecule has 1 amide bonds. The molecule has 1 fully saturated rings. The van der Waals surface area contributed by atoms with E-state index in [1.54, 1.807) is 6.08 Å². The van der Waals surface area contributed by atoms with Gasteiger partial charge in [-0.25, -0.2) is 0 Å². The minimum Gasteiger partial charge on any atom is -0.390 e. The fourth-order valence-electron chi connectivity index (χ4n) is 5.62. The molecule has 0 bridgehead atoms. The average molecular weight is 406 g/mol. The lowest BCUT2D eigenvalue weighted by molar-refractivity contribution is -0.151. The Balaban J connectivity index is 2.15. The number of carbonyl (C=O) groups excluding carboxylic acids is 2. The second kappa shape index (κ2) is 7.97. The Morgan fingerprint density at radius 3 is 2.62 bits per heavy atom.